The van der Waals surface area contributed by atoms with E-state index in [1.165, 1.54) is 12.1 Å². The lowest BCUT2D eigenvalue weighted by molar-refractivity contribution is -0.384. The summed E-state index contributed by atoms with van der Waals surface area (Å²) < 4.78 is 0. The standard InChI is InChI=1S/C13H9N3O3/c17-10-3-1-2-8(6-10)13-14-11-5-4-9(16(18)19)7-12(11)15-13/h1-7,17H,(H,14,15). The molecule has 0 aliphatic rings. The van der Waals surface area contributed by atoms with E-state index in [4.69, 9.17) is 0 Å². The molecule has 3 aromatic rings. The van der Waals surface area contributed by atoms with Crippen LogP contribution in [0, 0.1) is 10.1 Å². The Bertz CT molecular complexity index is 780. The number of nitro groups is 1. The van der Waals surface area contributed by atoms with Crippen LogP contribution < -0.4 is 0 Å². The van der Waals surface area contributed by atoms with Gasteiger partial charge in [-0.15, -0.1) is 0 Å². The van der Waals surface area contributed by atoms with Gasteiger partial charge in [0.15, 0.2) is 0 Å². The van der Waals surface area contributed by atoms with Crippen LogP contribution in [0.25, 0.3) is 22.4 Å². The number of nitrogens with zero attached hydrogens (tertiary/aromatic N) is 2. The molecule has 0 spiro atoms. The molecule has 0 atom stereocenters. The van der Waals surface area contributed by atoms with Crippen LogP contribution in [0.2, 0.25) is 0 Å². The van der Waals surface area contributed by atoms with E-state index in [2.05, 4.69) is 9.97 Å². The lowest BCUT2D eigenvalue weighted by Gasteiger charge is -1.96. The Morgan fingerprint density at radius 1 is 1.21 bits per heavy atom. The molecule has 19 heavy (non-hydrogen) atoms. The highest BCUT2D eigenvalue weighted by molar-refractivity contribution is 5.81. The number of aromatic amines is 1. The average molecular weight is 255 g/mol. The van der Waals surface area contributed by atoms with Gasteiger partial charge in [-0.05, 0) is 18.2 Å². The second-order valence-electron chi connectivity index (χ2n) is 4.09. The minimum absolute atomic E-state index is 0.00135. The molecule has 0 amide bonds. The summed E-state index contributed by atoms with van der Waals surface area (Å²) in [5, 5.41) is 20.1. The molecule has 0 saturated carbocycles. The van der Waals surface area contributed by atoms with E-state index in [1.54, 1.807) is 30.3 Å². The Labute approximate surface area is 107 Å². The van der Waals surface area contributed by atoms with Crippen LogP contribution in [0.4, 0.5) is 5.69 Å². The fourth-order valence-corrected chi connectivity index (χ4v) is 1.90. The number of aromatic nitrogens is 2. The average Bonchev–Trinajstić information content (AvgIpc) is 2.81. The van der Waals surface area contributed by atoms with Crippen molar-refractivity contribution in [2.45, 2.75) is 0 Å². The number of phenols is 1. The number of rotatable bonds is 2. The Morgan fingerprint density at radius 2 is 2.05 bits per heavy atom. The number of non-ortho nitro benzene ring substituents is 1. The highest BCUT2D eigenvalue weighted by atomic mass is 16.6. The number of fused-ring (bicyclic) bond motifs is 1. The molecule has 0 aliphatic heterocycles. The summed E-state index contributed by atoms with van der Waals surface area (Å²) in [6.45, 7) is 0. The summed E-state index contributed by atoms with van der Waals surface area (Å²) in [5.74, 6) is 0.704. The highest BCUT2D eigenvalue weighted by Gasteiger charge is 2.10. The Morgan fingerprint density at radius 3 is 2.79 bits per heavy atom. The Kier molecular flexibility index (Phi) is 2.42. The van der Waals surface area contributed by atoms with Gasteiger partial charge < -0.3 is 10.1 Å². The molecule has 0 radical (unpaired) electrons. The summed E-state index contributed by atoms with van der Waals surface area (Å²) in [6, 6.07) is 11.1. The van der Waals surface area contributed by atoms with Gasteiger partial charge in [0.2, 0.25) is 0 Å². The quantitative estimate of drug-likeness (QED) is 0.544. The zero-order valence-corrected chi connectivity index (χ0v) is 9.70. The van der Waals surface area contributed by atoms with Crippen LogP contribution in [0.1, 0.15) is 0 Å². The molecule has 2 N–H and O–H groups in total. The first kappa shape index (κ1) is 11.2. The number of nitrogens with one attached hydrogen (secondary N) is 1. The molecule has 6 nitrogen and oxygen atoms in total. The largest absolute Gasteiger partial charge is 0.508 e. The molecule has 3 rings (SSSR count). The number of nitro benzene ring substituents is 1. The van der Waals surface area contributed by atoms with Gasteiger partial charge in [0.1, 0.15) is 11.6 Å². The number of H-pyrrole nitrogens is 1. The summed E-state index contributed by atoms with van der Waals surface area (Å²) in [5.41, 5.74) is 1.96. The molecule has 2 aromatic carbocycles. The van der Waals surface area contributed by atoms with E-state index in [-0.39, 0.29) is 11.4 Å². The minimum Gasteiger partial charge on any atom is -0.508 e. The van der Waals surface area contributed by atoms with Gasteiger partial charge in [0.05, 0.1) is 16.0 Å². The normalized spacial score (nSPS) is 10.7. The third-order valence-corrected chi connectivity index (χ3v) is 2.80. The monoisotopic (exact) mass is 255 g/mol. The van der Waals surface area contributed by atoms with Crippen molar-refractivity contribution < 1.29 is 10.0 Å². The predicted molar refractivity (Wildman–Crippen MR) is 69.8 cm³/mol. The summed E-state index contributed by atoms with van der Waals surface area (Å²) in [7, 11) is 0. The molecule has 1 heterocycles. The first-order valence-corrected chi connectivity index (χ1v) is 5.57. The van der Waals surface area contributed by atoms with E-state index >= 15 is 0 Å². The van der Waals surface area contributed by atoms with Crippen molar-refractivity contribution in [3.05, 3.63) is 52.6 Å². The number of hydrogen-bond acceptors (Lipinski definition) is 4. The number of aromatic hydroxyl groups is 1. The van der Waals surface area contributed by atoms with Gasteiger partial charge in [-0.3, -0.25) is 10.1 Å². The van der Waals surface area contributed by atoms with Crippen molar-refractivity contribution in [1.29, 1.82) is 0 Å². The van der Waals surface area contributed by atoms with Gasteiger partial charge >= 0.3 is 0 Å². The molecule has 1 aromatic heterocycles. The number of benzene rings is 2. The van der Waals surface area contributed by atoms with Crippen molar-refractivity contribution in [1.82, 2.24) is 9.97 Å². The maximum atomic E-state index is 10.7. The van der Waals surface area contributed by atoms with Gasteiger partial charge in [-0.1, -0.05) is 12.1 Å². The van der Waals surface area contributed by atoms with Crippen LogP contribution in [0.5, 0.6) is 5.75 Å². The lowest BCUT2D eigenvalue weighted by Crippen LogP contribution is -1.86. The van der Waals surface area contributed by atoms with Crippen LogP contribution >= 0.6 is 0 Å². The van der Waals surface area contributed by atoms with Crippen LogP contribution in [0.15, 0.2) is 42.5 Å². The van der Waals surface area contributed by atoms with Crippen molar-refractivity contribution in [2.75, 3.05) is 0 Å². The Balaban J connectivity index is 2.14. The zero-order chi connectivity index (χ0) is 13.4. The van der Waals surface area contributed by atoms with Gasteiger partial charge in [0.25, 0.3) is 5.69 Å². The van der Waals surface area contributed by atoms with E-state index < -0.39 is 4.92 Å². The van der Waals surface area contributed by atoms with Gasteiger partial charge in [-0.2, -0.15) is 0 Å². The topological polar surface area (TPSA) is 92.0 Å². The molecule has 0 fully saturated rings. The van der Waals surface area contributed by atoms with Crippen LogP contribution in [-0.4, -0.2) is 20.0 Å². The summed E-state index contributed by atoms with van der Waals surface area (Å²) >= 11 is 0. The highest BCUT2D eigenvalue weighted by Crippen LogP contribution is 2.25. The van der Waals surface area contributed by atoms with E-state index in [1.807, 2.05) is 0 Å². The smallest absolute Gasteiger partial charge is 0.271 e. The SMILES string of the molecule is O=[N+]([O-])c1ccc2[nH]c(-c3cccc(O)c3)nc2c1. The summed E-state index contributed by atoms with van der Waals surface area (Å²) in [4.78, 5) is 17.6. The van der Waals surface area contributed by atoms with Crippen LogP contribution in [-0.2, 0) is 0 Å². The van der Waals surface area contributed by atoms with Crippen molar-refractivity contribution >= 4 is 16.7 Å². The van der Waals surface area contributed by atoms with Crippen molar-refractivity contribution in [3.8, 4) is 17.1 Å². The molecule has 0 saturated heterocycles. The van der Waals surface area contributed by atoms with Crippen LogP contribution in [0.3, 0.4) is 0 Å². The molecular weight excluding hydrogens is 246 g/mol. The third-order valence-electron chi connectivity index (χ3n) is 2.80. The van der Waals surface area contributed by atoms with E-state index in [0.717, 1.165) is 5.56 Å². The van der Waals surface area contributed by atoms with E-state index in [9.17, 15) is 15.2 Å². The first-order valence-electron chi connectivity index (χ1n) is 5.57. The van der Waals surface area contributed by atoms with Crippen molar-refractivity contribution in [3.63, 3.8) is 0 Å². The Hall–Kier alpha value is -2.89. The zero-order valence-electron chi connectivity index (χ0n) is 9.70. The lowest BCUT2D eigenvalue weighted by atomic mass is 10.2. The van der Waals surface area contributed by atoms with Gasteiger partial charge in [-0.25, -0.2) is 4.98 Å². The van der Waals surface area contributed by atoms with Gasteiger partial charge in [0, 0.05) is 17.7 Å². The maximum Gasteiger partial charge on any atom is 0.271 e. The fraction of sp³-hybridized carbons (Fsp3) is 0. The van der Waals surface area contributed by atoms with E-state index in [0.29, 0.717) is 16.9 Å². The molecular formula is C13H9N3O3. The number of hydrogen-bond donors (Lipinski definition) is 2. The fourth-order valence-electron chi connectivity index (χ4n) is 1.90. The predicted octanol–water partition coefficient (Wildman–Crippen LogP) is 2.84. The third kappa shape index (κ3) is 1.99. The molecule has 0 aliphatic carbocycles. The molecule has 94 valence electrons. The second kappa shape index (κ2) is 4.09. The molecule has 0 bridgehead atoms. The van der Waals surface area contributed by atoms with Crippen molar-refractivity contribution in [2.24, 2.45) is 0 Å². The molecule has 6 heteroatoms. The maximum absolute atomic E-state index is 10.7. The minimum atomic E-state index is -0.456. The first-order chi connectivity index (χ1) is 9.13. The number of phenolic OH excluding ortho intramolecular Hbond substituents is 1. The molecule has 0 unspecified atom stereocenters. The summed E-state index contributed by atoms with van der Waals surface area (Å²) in [6.07, 6.45) is 0. The number of imidazole rings is 1. The second-order valence-corrected chi connectivity index (χ2v) is 4.09.